The number of fused-ring (bicyclic) bond motifs is 1. The van der Waals surface area contributed by atoms with Gasteiger partial charge in [-0.25, -0.2) is 0 Å². The molecule has 146 valence electrons. The average molecular weight is 393 g/mol. The molecule has 0 fully saturated rings. The van der Waals surface area contributed by atoms with Crippen LogP contribution in [0.25, 0.3) is 0 Å². The van der Waals surface area contributed by atoms with Gasteiger partial charge in [0.1, 0.15) is 5.75 Å². The molecule has 0 saturated heterocycles. The molecule has 0 aliphatic carbocycles. The molecule has 3 amide bonds. The minimum atomic E-state index is -4.62. The molecule has 28 heavy (non-hydrogen) atoms. The lowest BCUT2D eigenvalue weighted by atomic mass is 10.0. The zero-order valence-corrected chi connectivity index (χ0v) is 14.4. The van der Waals surface area contributed by atoms with Crippen molar-refractivity contribution in [1.82, 2.24) is 10.9 Å². The van der Waals surface area contributed by atoms with Crippen LogP contribution in [0, 0.1) is 0 Å². The Morgan fingerprint density at radius 1 is 1.07 bits per heavy atom. The van der Waals surface area contributed by atoms with E-state index in [2.05, 4.69) is 5.32 Å². The highest BCUT2D eigenvalue weighted by atomic mass is 19.4. The Kier molecular flexibility index (Phi) is 4.72. The second-order valence-electron chi connectivity index (χ2n) is 6.07. The van der Waals surface area contributed by atoms with Crippen molar-refractivity contribution in [2.24, 2.45) is 0 Å². The maximum Gasteiger partial charge on any atom is 0.416 e. The molecule has 2 aromatic carbocycles. The number of ether oxygens (including phenoxy) is 1. The number of amides is 3. The fraction of sp³-hybridized carbons (Fsp3) is 0.167. The molecule has 1 heterocycles. The number of carbonyl (C=O) groups excluding carboxylic acids is 3. The number of alkyl halides is 3. The number of carbonyl (C=O) groups is 3. The van der Waals surface area contributed by atoms with Crippen LogP contribution in [0.15, 0.2) is 48.5 Å². The molecule has 1 atom stereocenters. The number of hydrogen-bond donors (Lipinski definition) is 3. The molecule has 1 aliphatic rings. The first kappa shape index (κ1) is 19.2. The Morgan fingerprint density at radius 3 is 2.50 bits per heavy atom. The van der Waals surface area contributed by atoms with Crippen LogP contribution in [0.4, 0.5) is 18.9 Å². The Labute approximate surface area is 156 Å². The van der Waals surface area contributed by atoms with E-state index < -0.39 is 35.1 Å². The van der Waals surface area contributed by atoms with E-state index in [0.29, 0.717) is 11.8 Å². The summed E-state index contributed by atoms with van der Waals surface area (Å²) in [6, 6.07) is 10.1. The minimum Gasteiger partial charge on any atom is -0.465 e. The van der Waals surface area contributed by atoms with Gasteiger partial charge in [0.2, 0.25) is 0 Å². The van der Waals surface area contributed by atoms with Crippen LogP contribution in [0.2, 0.25) is 0 Å². The highest BCUT2D eigenvalue weighted by molar-refractivity contribution is 6.15. The molecule has 0 bridgehead atoms. The Balaban J connectivity index is 1.70. The van der Waals surface area contributed by atoms with E-state index in [1.807, 2.05) is 10.9 Å². The van der Waals surface area contributed by atoms with Gasteiger partial charge in [0, 0.05) is 5.56 Å². The molecule has 0 aromatic heterocycles. The maximum absolute atomic E-state index is 12.7. The summed E-state index contributed by atoms with van der Waals surface area (Å²) in [5, 5.41) is 2.51. The molecule has 0 unspecified atom stereocenters. The summed E-state index contributed by atoms with van der Waals surface area (Å²) in [4.78, 5) is 36.7. The van der Waals surface area contributed by atoms with Crippen LogP contribution >= 0.6 is 0 Å². The largest absolute Gasteiger partial charge is 0.465 e. The van der Waals surface area contributed by atoms with Gasteiger partial charge in [0.05, 0.1) is 11.3 Å². The minimum absolute atomic E-state index is 0.254. The maximum atomic E-state index is 12.7. The fourth-order valence-corrected chi connectivity index (χ4v) is 2.46. The van der Waals surface area contributed by atoms with Crippen LogP contribution in [-0.4, -0.2) is 23.3 Å². The van der Waals surface area contributed by atoms with E-state index in [0.717, 1.165) is 18.2 Å². The standard InChI is InChI=1S/C18H14F3N3O4/c1-17(15(26)22-12-7-2-3-8-13(12)28-17)16(27)24-23-14(25)10-5-4-6-11(9-10)18(19,20)21/h2-9H,1H3,(H,22,26)(H,23,25)(H,24,27)/t17-/m1/s1. The van der Waals surface area contributed by atoms with E-state index in [1.54, 1.807) is 24.3 Å². The lowest BCUT2D eigenvalue weighted by Crippen LogP contribution is -2.61. The quantitative estimate of drug-likeness (QED) is 0.539. The third-order valence-electron chi connectivity index (χ3n) is 4.06. The molecule has 3 N–H and O–H groups in total. The third kappa shape index (κ3) is 3.61. The number of anilines is 1. The van der Waals surface area contributed by atoms with E-state index >= 15 is 0 Å². The number of para-hydroxylation sites is 2. The zero-order valence-electron chi connectivity index (χ0n) is 14.4. The van der Waals surface area contributed by atoms with Gasteiger partial charge in [-0.05, 0) is 37.3 Å². The normalized spacial score (nSPS) is 18.4. The highest BCUT2D eigenvalue weighted by Gasteiger charge is 2.47. The van der Waals surface area contributed by atoms with E-state index in [-0.39, 0.29) is 11.3 Å². The van der Waals surface area contributed by atoms with Crippen LogP contribution in [-0.2, 0) is 15.8 Å². The number of nitrogens with one attached hydrogen (secondary N) is 3. The molecular weight excluding hydrogens is 379 g/mol. The van der Waals surface area contributed by atoms with Gasteiger partial charge in [0.15, 0.2) is 0 Å². The summed E-state index contributed by atoms with van der Waals surface area (Å²) in [5.41, 5.74) is 1.04. The van der Waals surface area contributed by atoms with Crippen LogP contribution in [0.3, 0.4) is 0 Å². The first-order chi connectivity index (χ1) is 13.1. The Hall–Kier alpha value is -3.56. The van der Waals surface area contributed by atoms with E-state index in [1.165, 1.54) is 6.92 Å². The third-order valence-corrected chi connectivity index (χ3v) is 4.06. The summed E-state index contributed by atoms with van der Waals surface area (Å²) < 4.78 is 43.7. The summed E-state index contributed by atoms with van der Waals surface area (Å²) in [5.74, 6) is -2.50. The molecule has 0 radical (unpaired) electrons. The summed E-state index contributed by atoms with van der Waals surface area (Å²) in [7, 11) is 0. The van der Waals surface area contributed by atoms with Crippen LogP contribution in [0.1, 0.15) is 22.8 Å². The summed E-state index contributed by atoms with van der Waals surface area (Å²) in [6.07, 6.45) is -4.62. The van der Waals surface area contributed by atoms with Gasteiger partial charge in [-0.3, -0.25) is 25.2 Å². The second-order valence-corrected chi connectivity index (χ2v) is 6.07. The molecule has 0 spiro atoms. The predicted molar refractivity (Wildman–Crippen MR) is 91.2 cm³/mol. The van der Waals surface area contributed by atoms with Crippen molar-refractivity contribution in [2.45, 2.75) is 18.7 Å². The van der Waals surface area contributed by atoms with Crippen molar-refractivity contribution < 1.29 is 32.3 Å². The van der Waals surface area contributed by atoms with Crippen molar-refractivity contribution in [3.8, 4) is 5.75 Å². The number of hydrogen-bond acceptors (Lipinski definition) is 4. The molecule has 3 rings (SSSR count). The second kappa shape index (κ2) is 6.87. The molecule has 0 saturated carbocycles. The van der Waals surface area contributed by atoms with Gasteiger partial charge in [-0.2, -0.15) is 13.2 Å². The lowest BCUT2D eigenvalue weighted by Gasteiger charge is -2.33. The van der Waals surface area contributed by atoms with Crippen molar-refractivity contribution in [1.29, 1.82) is 0 Å². The summed E-state index contributed by atoms with van der Waals surface area (Å²) in [6.45, 7) is 1.20. The summed E-state index contributed by atoms with van der Waals surface area (Å²) >= 11 is 0. The fourth-order valence-electron chi connectivity index (χ4n) is 2.46. The first-order valence-corrected chi connectivity index (χ1v) is 7.99. The predicted octanol–water partition coefficient (Wildman–Crippen LogP) is 2.26. The van der Waals surface area contributed by atoms with Crippen molar-refractivity contribution in [3.05, 3.63) is 59.7 Å². The molecular formula is C18H14F3N3O4. The van der Waals surface area contributed by atoms with E-state index in [4.69, 9.17) is 4.74 Å². The van der Waals surface area contributed by atoms with Crippen LogP contribution in [0.5, 0.6) is 5.75 Å². The molecule has 10 heteroatoms. The van der Waals surface area contributed by atoms with Gasteiger partial charge in [-0.1, -0.05) is 18.2 Å². The molecule has 7 nitrogen and oxygen atoms in total. The number of rotatable bonds is 2. The van der Waals surface area contributed by atoms with E-state index in [9.17, 15) is 27.6 Å². The number of hydrazine groups is 1. The number of halogens is 3. The topological polar surface area (TPSA) is 96.5 Å². The highest BCUT2D eigenvalue weighted by Crippen LogP contribution is 2.33. The van der Waals surface area contributed by atoms with Crippen molar-refractivity contribution >= 4 is 23.4 Å². The van der Waals surface area contributed by atoms with Crippen molar-refractivity contribution in [3.63, 3.8) is 0 Å². The number of benzene rings is 2. The zero-order chi connectivity index (χ0) is 20.5. The van der Waals surface area contributed by atoms with Crippen molar-refractivity contribution in [2.75, 3.05) is 5.32 Å². The Bertz CT molecular complexity index is 961. The lowest BCUT2D eigenvalue weighted by molar-refractivity contribution is -0.147. The first-order valence-electron chi connectivity index (χ1n) is 7.99. The van der Waals surface area contributed by atoms with Gasteiger partial charge in [-0.15, -0.1) is 0 Å². The van der Waals surface area contributed by atoms with Crippen LogP contribution < -0.4 is 20.9 Å². The average Bonchev–Trinajstić information content (AvgIpc) is 2.66. The molecule has 2 aromatic rings. The smallest absolute Gasteiger partial charge is 0.416 e. The monoisotopic (exact) mass is 393 g/mol. The van der Waals surface area contributed by atoms with Gasteiger partial charge < -0.3 is 10.1 Å². The molecule has 1 aliphatic heterocycles. The Morgan fingerprint density at radius 2 is 1.79 bits per heavy atom. The van der Waals surface area contributed by atoms with Gasteiger partial charge in [0.25, 0.3) is 23.3 Å². The van der Waals surface area contributed by atoms with Gasteiger partial charge >= 0.3 is 6.18 Å². The SMILES string of the molecule is C[C@@]1(C(=O)NNC(=O)c2cccc(C(F)(F)F)c2)Oc2ccccc2NC1=O.